The third kappa shape index (κ3) is 2.52. The number of halogens is 1. The molecule has 0 aromatic heterocycles. The zero-order valence-corrected chi connectivity index (χ0v) is 13.5. The number of rotatable bonds is 2. The fourth-order valence-electron chi connectivity index (χ4n) is 3.72. The predicted octanol–water partition coefficient (Wildman–Crippen LogP) is 2.77. The highest BCUT2D eigenvalue weighted by Gasteiger charge is 2.51. The summed E-state index contributed by atoms with van der Waals surface area (Å²) in [5.74, 6) is 1.31. The second-order valence-electron chi connectivity index (χ2n) is 6.61. The summed E-state index contributed by atoms with van der Waals surface area (Å²) in [4.78, 5) is 4.64. The lowest BCUT2D eigenvalue weighted by molar-refractivity contribution is -0.0663. The second kappa shape index (κ2) is 5.50. The van der Waals surface area contributed by atoms with Crippen LogP contribution in [0.2, 0.25) is 0 Å². The molecule has 4 rings (SSSR count). The first-order valence-electron chi connectivity index (χ1n) is 7.92. The minimum Gasteiger partial charge on any atom is -0.379 e. The van der Waals surface area contributed by atoms with Gasteiger partial charge < -0.3 is 10.5 Å². The van der Waals surface area contributed by atoms with E-state index in [0.29, 0.717) is 28.8 Å². The van der Waals surface area contributed by atoms with Crippen molar-refractivity contribution in [1.29, 1.82) is 5.26 Å². The molecular formula is C17H18FN3OS. The molecule has 6 heteroatoms. The number of nitriles is 1. The van der Waals surface area contributed by atoms with Crippen molar-refractivity contribution in [1.82, 2.24) is 0 Å². The molecule has 1 saturated heterocycles. The van der Waals surface area contributed by atoms with Gasteiger partial charge in [0.05, 0.1) is 24.3 Å². The molecule has 4 nitrogen and oxygen atoms in total. The van der Waals surface area contributed by atoms with Crippen molar-refractivity contribution in [2.45, 2.75) is 30.9 Å². The van der Waals surface area contributed by atoms with Gasteiger partial charge in [-0.1, -0.05) is 11.8 Å². The predicted molar refractivity (Wildman–Crippen MR) is 87.4 cm³/mol. The number of benzene rings is 1. The summed E-state index contributed by atoms with van der Waals surface area (Å²) >= 11 is 1.53. The van der Waals surface area contributed by atoms with Gasteiger partial charge in [-0.15, -0.1) is 0 Å². The van der Waals surface area contributed by atoms with E-state index in [1.54, 1.807) is 6.07 Å². The molecule has 2 heterocycles. The van der Waals surface area contributed by atoms with E-state index in [2.05, 4.69) is 11.1 Å². The van der Waals surface area contributed by atoms with Crippen LogP contribution < -0.4 is 5.73 Å². The first kappa shape index (κ1) is 15.0. The summed E-state index contributed by atoms with van der Waals surface area (Å²) in [7, 11) is 0. The van der Waals surface area contributed by atoms with Gasteiger partial charge in [-0.2, -0.15) is 5.26 Å². The van der Waals surface area contributed by atoms with E-state index in [4.69, 9.17) is 15.7 Å². The second-order valence-corrected chi connectivity index (χ2v) is 7.65. The number of amidine groups is 1. The lowest BCUT2D eigenvalue weighted by Gasteiger charge is -2.46. The van der Waals surface area contributed by atoms with Crippen LogP contribution in [0.25, 0.3) is 0 Å². The fourth-order valence-corrected chi connectivity index (χ4v) is 4.73. The minimum atomic E-state index is -0.794. The van der Waals surface area contributed by atoms with Gasteiger partial charge in [0.2, 0.25) is 0 Å². The van der Waals surface area contributed by atoms with Gasteiger partial charge in [-0.3, -0.25) is 0 Å². The number of thioether (sulfide) groups is 1. The van der Waals surface area contributed by atoms with Gasteiger partial charge >= 0.3 is 0 Å². The Labute approximate surface area is 138 Å². The Kier molecular flexibility index (Phi) is 3.58. The molecule has 120 valence electrons. The highest BCUT2D eigenvalue weighted by Crippen LogP contribution is 2.50. The molecule has 23 heavy (non-hydrogen) atoms. The monoisotopic (exact) mass is 331 g/mol. The molecule has 0 radical (unpaired) electrons. The number of hydrogen-bond donors (Lipinski definition) is 1. The molecule has 0 bridgehead atoms. The Balaban J connectivity index is 1.78. The first-order valence-corrected chi connectivity index (χ1v) is 8.91. The van der Waals surface area contributed by atoms with Crippen LogP contribution in [-0.4, -0.2) is 23.6 Å². The van der Waals surface area contributed by atoms with E-state index in [0.717, 1.165) is 12.2 Å². The molecule has 2 aliphatic heterocycles. The summed E-state index contributed by atoms with van der Waals surface area (Å²) in [6, 6.07) is 6.53. The Morgan fingerprint density at radius 2 is 2.26 bits per heavy atom. The van der Waals surface area contributed by atoms with E-state index in [-0.39, 0.29) is 17.8 Å². The van der Waals surface area contributed by atoms with Crippen LogP contribution >= 0.6 is 11.8 Å². The summed E-state index contributed by atoms with van der Waals surface area (Å²) in [6.07, 6.45) is 3.58. The lowest BCUT2D eigenvalue weighted by atomic mass is 9.74. The Bertz CT molecular complexity index is 712. The largest absolute Gasteiger partial charge is 0.379 e. The average molecular weight is 331 g/mol. The van der Waals surface area contributed by atoms with Crippen LogP contribution in [0.15, 0.2) is 23.2 Å². The summed E-state index contributed by atoms with van der Waals surface area (Å²) in [5, 5.41) is 9.62. The first-order chi connectivity index (χ1) is 11.1. The van der Waals surface area contributed by atoms with Crippen molar-refractivity contribution in [3.63, 3.8) is 0 Å². The number of nitrogens with two attached hydrogens (primary N) is 1. The van der Waals surface area contributed by atoms with Crippen molar-refractivity contribution in [2.75, 3.05) is 12.4 Å². The highest BCUT2D eigenvalue weighted by atomic mass is 32.2. The minimum absolute atomic E-state index is 0.183. The SMILES string of the molecule is N#Cc1ccc(F)c(C23CO[C@@H](C4CC4)C[C@H]2CSC(N)=N3)c1. The third-order valence-corrected chi connectivity index (χ3v) is 6.12. The van der Waals surface area contributed by atoms with Gasteiger partial charge in [0.15, 0.2) is 5.17 Å². The molecule has 0 amide bonds. The number of fused-ring (bicyclic) bond motifs is 1. The van der Waals surface area contributed by atoms with Crippen LogP contribution in [0.4, 0.5) is 4.39 Å². The van der Waals surface area contributed by atoms with Gasteiger partial charge in [-0.05, 0) is 43.4 Å². The van der Waals surface area contributed by atoms with E-state index in [9.17, 15) is 4.39 Å². The van der Waals surface area contributed by atoms with Crippen molar-refractivity contribution in [2.24, 2.45) is 22.6 Å². The van der Waals surface area contributed by atoms with Crippen LogP contribution in [0.1, 0.15) is 30.4 Å². The molecule has 0 spiro atoms. The average Bonchev–Trinajstić information content (AvgIpc) is 3.39. The molecule has 1 unspecified atom stereocenters. The quantitative estimate of drug-likeness (QED) is 0.904. The summed E-state index contributed by atoms with van der Waals surface area (Å²) in [6.45, 7) is 0.339. The third-order valence-electron chi connectivity index (χ3n) is 5.16. The molecule has 1 aromatic rings. The Morgan fingerprint density at radius 1 is 1.43 bits per heavy atom. The summed E-state index contributed by atoms with van der Waals surface area (Å²) in [5.41, 5.74) is 6.05. The number of aliphatic imine (C=N–C) groups is 1. The van der Waals surface area contributed by atoms with Crippen molar-refractivity contribution >= 4 is 16.9 Å². The van der Waals surface area contributed by atoms with Crippen LogP contribution in [0.5, 0.6) is 0 Å². The molecule has 3 atom stereocenters. The maximum absolute atomic E-state index is 14.6. The zero-order chi connectivity index (χ0) is 16.0. The normalized spacial score (nSPS) is 33.5. The molecule has 2 fully saturated rings. The molecule has 1 saturated carbocycles. The maximum Gasteiger partial charge on any atom is 0.154 e. The van der Waals surface area contributed by atoms with E-state index >= 15 is 0 Å². The molecule has 1 aliphatic carbocycles. The van der Waals surface area contributed by atoms with E-state index in [1.807, 2.05) is 0 Å². The molecule has 3 aliphatic rings. The van der Waals surface area contributed by atoms with Gasteiger partial charge in [0.1, 0.15) is 11.4 Å². The zero-order valence-electron chi connectivity index (χ0n) is 12.7. The van der Waals surface area contributed by atoms with Crippen molar-refractivity contribution < 1.29 is 9.13 Å². The number of ether oxygens (including phenoxy) is 1. The topological polar surface area (TPSA) is 71.4 Å². The lowest BCUT2D eigenvalue weighted by Crippen LogP contribution is -2.50. The van der Waals surface area contributed by atoms with Crippen molar-refractivity contribution in [3.05, 3.63) is 35.1 Å². The van der Waals surface area contributed by atoms with Crippen LogP contribution in [-0.2, 0) is 10.3 Å². The maximum atomic E-state index is 14.6. The van der Waals surface area contributed by atoms with Gasteiger partial charge in [0.25, 0.3) is 0 Å². The Hall–Kier alpha value is -1.58. The highest BCUT2D eigenvalue weighted by molar-refractivity contribution is 8.13. The summed E-state index contributed by atoms with van der Waals surface area (Å²) < 4.78 is 20.7. The van der Waals surface area contributed by atoms with Crippen LogP contribution in [0.3, 0.4) is 0 Å². The van der Waals surface area contributed by atoms with Gasteiger partial charge in [0, 0.05) is 17.2 Å². The molecular weight excluding hydrogens is 313 g/mol. The van der Waals surface area contributed by atoms with E-state index < -0.39 is 5.54 Å². The van der Waals surface area contributed by atoms with Gasteiger partial charge in [-0.25, -0.2) is 9.38 Å². The number of hydrogen-bond acceptors (Lipinski definition) is 5. The standard InChI is InChI=1S/C17H18FN3OS/c18-14-4-1-10(7-19)5-13(14)17-9-22-15(11-2-3-11)6-12(17)8-23-16(20)21-17/h1,4-5,11-12,15H,2-3,6,8-9H2,(H2,20,21)/t12-,15+,17?/m0/s1. The van der Waals surface area contributed by atoms with Crippen LogP contribution in [0, 0.1) is 29.0 Å². The van der Waals surface area contributed by atoms with Crippen molar-refractivity contribution in [3.8, 4) is 6.07 Å². The van der Waals surface area contributed by atoms with E-state index in [1.165, 1.54) is 36.7 Å². The Morgan fingerprint density at radius 3 is 3.00 bits per heavy atom. The fraction of sp³-hybridized carbons (Fsp3) is 0.529. The smallest absolute Gasteiger partial charge is 0.154 e. The molecule has 1 aromatic carbocycles. The molecule has 2 N–H and O–H groups in total. The number of nitrogens with zero attached hydrogens (tertiary/aromatic N) is 2.